The number of nitrogen functional groups attached to an aromatic ring is 1. The predicted molar refractivity (Wildman–Crippen MR) is 126 cm³/mol. The topological polar surface area (TPSA) is 120 Å². The fraction of sp³-hybridized carbons (Fsp3) is 0.261. The number of hydrogen-bond donors (Lipinski definition) is 4. The molecule has 0 bridgehead atoms. The Morgan fingerprint density at radius 3 is 2.65 bits per heavy atom. The Labute approximate surface area is 181 Å². The number of anilines is 3. The molecule has 6 N–H and O–H groups in total. The Kier molecular flexibility index (Phi) is 5.99. The van der Waals surface area contributed by atoms with Gasteiger partial charge in [-0.15, -0.1) is 0 Å². The molecule has 1 unspecified atom stereocenters. The van der Waals surface area contributed by atoms with Crippen molar-refractivity contribution in [2.75, 3.05) is 22.9 Å². The smallest absolute Gasteiger partial charge is 0.226 e. The molecule has 1 atom stereocenters. The molecular formula is C23H28N8. The van der Waals surface area contributed by atoms with Gasteiger partial charge in [-0.3, -0.25) is 0 Å². The first-order valence-corrected chi connectivity index (χ1v) is 10.3. The van der Waals surface area contributed by atoms with Crippen molar-refractivity contribution in [3.63, 3.8) is 0 Å². The summed E-state index contributed by atoms with van der Waals surface area (Å²) in [5, 5.41) is 6.62. The third kappa shape index (κ3) is 4.92. The van der Waals surface area contributed by atoms with Crippen molar-refractivity contribution in [1.82, 2.24) is 19.5 Å². The normalized spacial score (nSPS) is 12.1. The van der Waals surface area contributed by atoms with Gasteiger partial charge in [0.25, 0.3) is 0 Å². The molecule has 2 heterocycles. The van der Waals surface area contributed by atoms with Crippen LogP contribution in [0, 0.1) is 6.92 Å². The molecule has 0 saturated heterocycles. The maximum atomic E-state index is 6.15. The largest absolute Gasteiger partial charge is 0.398 e. The quantitative estimate of drug-likeness (QED) is 0.326. The van der Waals surface area contributed by atoms with Crippen LogP contribution in [-0.4, -0.2) is 32.1 Å². The highest BCUT2D eigenvalue weighted by atomic mass is 15.2. The number of benzene rings is 2. The summed E-state index contributed by atoms with van der Waals surface area (Å²) in [6.45, 7) is 5.77. The van der Waals surface area contributed by atoms with Crippen LogP contribution in [0.1, 0.15) is 23.6 Å². The lowest BCUT2D eigenvalue weighted by Crippen LogP contribution is -2.26. The summed E-state index contributed by atoms with van der Waals surface area (Å²) in [5.41, 5.74) is 17.6. The standard InChI is InChI=1S/C23H28N8/c1-15-8-9-19(25)18(10-15)12-26-21-20-22(30-23(29-21)27-11-16(2)24)31(14-28-20)13-17-6-4-3-5-7-17/h3-10,14,16H,11-13,24-25H2,1-2H3,(H2,26,27,29,30). The molecule has 160 valence electrons. The van der Waals surface area contributed by atoms with Crippen molar-refractivity contribution in [2.45, 2.75) is 33.0 Å². The number of nitrogens with zero attached hydrogens (tertiary/aromatic N) is 4. The van der Waals surface area contributed by atoms with E-state index in [1.54, 1.807) is 6.33 Å². The maximum absolute atomic E-state index is 6.15. The summed E-state index contributed by atoms with van der Waals surface area (Å²) in [7, 11) is 0. The second kappa shape index (κ2) is 9.01. The summed E-state index contributed by atoms with van der Waals surface area (Å²) in [6, 6.07) is 16.2. The molecule has 0 radical (unpaired) electrons. The van der Waals surface area contributed by atoms with E-state index in [1.807, 2.05) is 48.7 Å². The van der Waals surface area contributed by atoms with Gasteiger partial charge in [0.2, 0.25) is 5.95 Å². The Morgan fingerprint density at radius 1 is 1.06 bits per heavy atom. The maximum Gasteiger partial charge on any atom is 0.226 e. The fourth-order valence-corrected chi connectivity index (χ4v) is 3.36. The summed E-state index contributed by atoms with van der Waals surface area (Å²) in [5.74, 6) is 1.17. The Hall–Kier alpha value is -3.65. The van der Waals surface area contributed by atoms with Gasteiger partial charge in [0, 0.05) is 24.8 Å². The third-order valence-electron chi connectivity index (χ3n) is 4.99. The van der Waals surface area contributed by atoms with Gasteiger partial charge in [-0.1, -0.05) is 48.0 Å². The van der Waals surface area contributed by atoms with Crippen molar-refractivity contribution in [2.24, 2.45) is 5.73 Å². The highest BCUT2D eigenvalue weighted by molar-refractivity contribution is 5.84. The van der Waals surface area contributed by atoms with Gasteiger partial charge in [0.1, 0.15) is 0 Å². The van der Waals surface area contributed by atoms with Crippen LogP contribution < -0.4 is 22.1 Å². The zero-order valence-corrected chi connectivity index (χ0v) is 17.8. The Bertz CT molecular complexity index is 1170. The van der Waals surface area contributed by atoms with E-state index in [9.17, 15) is 0 Å². The van der Waals surface area contributed by atoms with Crippen LogP contribution in [0.25, 0.3) is 11.2 Å². The van der Waals surface area contributed by atoms with Gasteiger partial charge in [-0.05, 0) is 31.0 Å². The molecule has 31 heavy (non-hydrogen) atoms. The molecule has 0 fully saturated rings. The van der Waals surface area contributed by atoms with Crippen LogP contribution in [0.3, 0.4) is 0 Å². The van der Waals surface area contributed by atoms with E-state index in [2.05, 4.69) is 38.8 Å². The van der Waals surface area contributed by atoms with Crippen LogP contribution in [-0.2, 0) is 13.1 Å². The molecule has 2 aromatic carbocycles. The first-order chi connectivity index (χ1) is 15.0. The fourth-order valence-electron chi connectivity index (χ4n) is 3.36. The SMILES string of the molecule is Cc1ccc(N)c(CNc2nc(NCC(C)N)nc3c2ncn3Cc2ccccc2)c1. The van der Waals surface area contributed by atoms with Crippen LogP contribution in [0.5, 0.6) is 0 Å². The van der Waals surface area contributed by atoms with Crippen LogP contribution in [0.4, 0.5) is 17.5 Å². The number of nitrogens with two attached hydrogens (primary N) is 2. The van der Waals surface area contributed by atoms with Gasteiger partial charge in [-0.2, -0.15) is 9.97 Å². The molecule has 0 aliphatic carbocycles. The number of hydrogen-bond acceptors (Lipinski definition) is 7. The summed E-state index contributed by atoms with van der Waals surface area (Å²) < 4.78 is 2.02. The number of aromatic nitrogens is 4. The first kappa shape index (κ1) is 20.6. The lowest BCUT2D eigenvalue weighted by Gasteiger charge is -2.13. The van der Waals surface area contributed by atoms with E-state index in [-0.39, 0.29) is 6.04 Å². The van der Waals surface area contributed by atoms with Crippen molar-refractivity contribution in [3.8, 4) is 0 Å². The average Bonchev–Trinajstić information content (AvgIpc) is 3.16. The zero-order valence-electron chi connectivity index (χ0n) is 17.8. The molecule has 0 amide bonds. The minimum atomic E-state index is -0.0166. The zero-order chi connectivity index (χ0) is 21.8. The second-order valence-electron chi connectivity index (χ2n) is 7.84. The molecule has 4 aromatic rings. The Morgan fingerprint density at radius 2 is 1.87 bits per heavy atom. The molecule has 0 spiro atoms. The highest BCUT2D eigenvalue weighted by Crippen LogP contribution is 2.23. The number of rotatable bonds is 8. The molecule has 8 heteroatoms. The molecule has 0 aliphatic rings. The highest BCUT2D eigenvalue weighted by Gasteiger charge is 2.14. The lowest BCUT2D eigenvalue weighted by molar-refractivity contribution is 0.772. The Balaban J connectivity index is 1.67. The second-order valence-corrected chi connectivity index (χ2v) is 7.84. The van der Waals surface area contributed by atoms with E-state index in [1.165, 1.54) is 5.56 Å². The molecule has 0 aliphatic heterocycles. The van der Waals surface area contributed by atoms with Crippen molar-refractivity contribution < 1.29 is 0 Å². The monoisotopic (exact) mass is 416 g/mol. The van der Waals surface area contributed by atoms with Crippen LogP contribution in [0.15, 0.2) is 54.9 Å². The number of imidazole rings is 1. The number of fused-ring (bicyclic) bond motifs is 1. The average molecular weight is 417 g/mol. The molecular weight excluding hydrogens is 388 g/mol. The molecule has 8 nitrogen and oxygen atoms in total. The molecule has 4 rings (SSSR count). The van der Waals surface area contributed by atoms with Crippen LogP contribution >= 0.6 is 0 Å². The van der Waals surface area contributed by atoms with Gasteiger partial charge in [0.15, 0.2) is 17.0 Å². The van der Waals surface area contributed by atoms with Crippen molar-refractivity contribution in [1.29, 1.82) is 0 Å². The van der Waals surface area contributed by atoms with E-state index in [4.69, 9.17) is 16.5 Å². The van der Waals surface area contributed by atoms with Crippen molar-refractivity contribution >= 4 is 28.6 Å². The summed E-state index contributed by atoms with van der Waals surface area (Å²) in [4.78, 5) is 14.0. The van der Waals surface area contributed by atoms with Crippen LogP contribution in [0.2, 0.25) is 0 Å². The third-order valence-corrected chi connectivity index (χ3v) is 4.99. The predicted octanol–water partition coefficient (Wildman–Crippen LogP) is 3.14. The van der Waals surface area contributed by atoms with E-state index >= 15 is 0 Å². The number of nitrogens with one attached hydrogen (secondary N) is 2. The molecule has 2 aromatic heterocycles. The van der Waals surface area contributed by atoms with Gasteiger partial charge < -0.3 is 26.7 Å². The van der Waals surface area contributed by atoms with Crippen molar-refractivity contribution in [3.05, 3.63) is 71.5 Å². The molecule has 0 saturated carbocycles. The van der Waals surface area contributed by atoms with Gasteiger partial charge in [0.05, 0.1) is 12.9 Å². The van der Waals surface area contributed by atoms with Gasteiger partial charge >= 0.3 is 0 Å². The van der Waals surface area contributed by atoms with E-state index in [0.717, 1.165) is 22.5 Å². The van der Waals surface area contributed by atoms with E-state index < -0.39 is 0 Å². The number of aryl methyl sites for hydroxylation is 1. The minimum absolute atomic E-state index is 0.0166. The van der Waals surface area contributed by atoms with E-state index in [0.29, 0.717) is 36.9 Å². The summed E-state index contributed by atoms with van der Waals surface area (Å²) in [6.07, 6.45) is 1.80. The first-order valence-electron chi connectivity index (χ1n) is 10.3. The summed E-state index contributed by atoms with van der Waals surface area (Å²) >= 11 is 0. The van der Waals surface area contributed by atoms with Gasteiger partial charge in [-0.25, -0.2) is 4.98 Å². The minimum Gasteiger partial charge on any atom is -0.398 e. The lowest BCUT2D eigenvalue weighted by atomic mass is 10.1.